The number of carboxylic acids is 1. The fraction of sp³-hybridized carbons (Fsp3) is 0.462. The summed E-state index contributed by atoms with van der Waals surface area (Å²) in [4.78, 5) is 26.7. The first-order chi connectivity index (χ1) is 16.1. The molecule has 3 atom stereocenters. The van der Waals surface area contributed by atoms with E-state index < -0.39 is 25.3 Å². The van der Waals surface area contributed by atoms with Gasteiger partial charge >= 0.3 is 5.97 Å². The van der Waals surface area contributed by atoms with Crippen molar-refractivity contribution >= 4 is 14.0 Å². The third-order valence-electron chi connectivity index (χ3n) is 6.48. The van der Waals surface area contributed by atoms with Gasteiger partial charge in [0, 0.05) is 17.2 Å². The van der Waals surface area contributed by atoms with E-state index in [1.807, 2.05) is 19.9 Å². The zero-order valence-corrected chi connectivity index (χ0v) is 20.6. The molecule has 1 aliphatic carbocycles. The maximum absolute atomic E-state index is 13.7. The molecule has 0 spiro atoms. The van der Waals surface area contributed by atoms with Crippen LogP contribution in [0.2, 0.25) is 0 Å². The first-order valence-corrected chi connectivity index (χ1v) is 12.9. The summed E-state index contributed by atoms with van der Waals surface area (Å²) in [5.74, 6) is 3.40. The van der Waals surface area contributed by atoms with E-state index in [0.29, 0.717) is 22.4 Å². The van der Waals surface area contributed by atoms with Gasteiger partial charge in [0.05, 0.1) is 17.4 Å². The van der Waals surface area contributed by atoms with Crippen LogP contribution in [-0.4, -0.2) is 37.3 Å². The van der Waals surface area contributed by atoms with Crippen molar-refractivity contribution in [3.05, 3.63) is 53.1 Å². The van der Waals surface area contributed by atoms with Gasteiger partial charge in [0.1, 0.15) is 5.82 Å². The number of rotatable bonds is 6. The highest BCUT2D eigenvalue weighted by Gasteiger charge is 2.48. The summed E-state index contributed by atoms with van der Waals surface area (Å²) >= 11 is 0. The number of halogens is 1. The Morgan fingerprint density at radius 2 is 1.79 bits per heavy atom. The summed E-state index contributed by atoms with van der Waals surface area (Å²) in [6.07, 6.45) is 3.80. The molecule has 0 amide bonds. The third kappa shape index (κ3) is 5.25. The van der Waals surface area contributed by atoms with Crippen molar-refractivity contribution in [2.75, 3.05) is 0 Å². The second kappa shape index (κ2) is 10.8. The monoisotopic (exact) mass is 487 g/mol. The standard InChI is InChI=1S/C26H31FNO5P/c1-16(2)24-21(13-14-26(17(3)29,25(30)31)34(32)33)22(18-9-11-20(27)12-10-18)15-23(28-24)19-7-5-4-6-8-19/h9-12,15-17,19,29,34H,4-8H2,1-3H3,(H,30,31)(H,32,33). The van der Waals surface area contributed by atoms with Gasteiger partial charge in [-0.15, -0.1) is 0 Å². The van der Waals surface area contributed by atoms with Crippen molar-refractivity contribution in [2.45, 2.75) is 76.0 Å². The van der Waals surface area contributed by atoms with E-state index >= 15 is 0 Å². The molecule has 0 radical (unpaired) electrons. The smallest absolute Gasteiger partial charge is 0.334 e. The van der Waals surface area contributed by atoms with Crippen LogP contribution in [0.15, 0.2) is 30.3 Å². The lowest BCUT2D eigenvalue weighted by Gasteiger charge is -2.25. The molecule has 2 aromatic rings. The number of carboxylic acid groups (broad SMARTS) is 1. The van der Waals surface area contributed by atoms with E-state index in [1.54, 1.807) is 12.1 Å². The van der Waals surface area contributed by atoms with Gasteiger partial charge in [0.2, 0.25) is 13.2 Å². The van der Waals surface area contributed by atoms with Crippen LogP contribution in [0.4, 0.5) is 4.39 Å². The van der Waals surface area contributed by atoms with E-state index in [9.17, 15) is 28.9 Å². The summed E-state index contributed by atoms with van der Waals surface area (Å²) in [6.45, 7) is 5.03. The van der Waals surface area contributed by atoms with Crippen molar-refractivity contribution in [2.24, 2.45) is 0 Å². The number of nitrogens with zero attached hydrogens (tertiary/aromatic N) is 1. The number of benzene rings is 1. The SMILES string of the molecule is CC(C)c1nc(C2CCCCC2)cc(-c2ccc(F)cc2)c1C#CC(C(=O)O)(C(C)O)[PH](=O)O. The number of hydrogen-bond acceptors (Lipinski definition) is 4. The predicted octanol–water partition coefficient (Wildman–Crippen LogP) is 5.08. The summed E-state index contributed by atoms with van der Waals surface area (Å²) in [7, 11) is -3.78. The zero-order chi connectivity index (χ0) is 25.0. The average Bonchev–Trinajstić information content (AvgIpc) is 2.79. The second-order valence-corrected chi connectivity index (χ2v) is 10.6. The first kappa shape index (κ1) is 26.1. The zero-order valence-electron chi connectivity index (χ0n) is 19.6. The Hall–Kier alpha value is -2.52. The number of pyridine rings is 1. The highest BCUT2D eigenvalue weighted by atomic mass is 31.1. The molecule has 182 valence electrons. The summed E-state index contributed by atoms with van der Waals surface area (Å²) in [5, 5.41) is 17.3. The van der Waals surface area contributed by atoms with Crippen molar-refractivity contribution in [1.82, 2.24) is 4.98 Å². The Labute approximate surface area is 200 Å². The van der Waals surface area contributed by atoms with Crippen LogP contribution < -0.4 is 0 Å². The van der Waals surface area contributed by atoms with Crippen LogP contribution in [0.5, 0.6) is 0 Å². The number of hydrogen-bond donors (Lipinski definition) is 3. The Morgan fingerprint density at radius 1 is 1.18 bits per heavy atom. The topological polar surface area (TPSA) is 108 Å². The minimum absolute atomic E-state index is 0.0797. The van der Waals surface area contributed by atoms with Gasteiger partial charge < -0.3 is 15.1 Å². The van der Waals surface area contributed by atoms with Gasteiger partial charge in [-0.3, -0.25) is 9.55 Å². The molecule has 6 nitrogen and oxygen atoms in total. The molecule has 0 aliphatic heterocycles. The highest BCUT2D eigenvalue weighted by Crippen LogP contribution is 2.40. The molecular formula is C26H31FNO5P. The molecule has 0 bridgehead atoms. The third-order valence-corrected chi connectivity index (χ3v) is 7.91. The molecule has 8 heteroatoms. The number of aliphatic hydroxyl groups excluding tert-OH is 1. The Bertz CT molecular complexity index is 1110. The van der Waals surface area contributed by atoms with Gasteiger partial charge in [-0.25, -0.2) is 9.18 Å². The molecule has 3 rings (SSSR count). The number of aliphatic carboxylic acids is 1. The Balaban J connectivity index is 2.31. The Kier molecular flexibility index (Phi) is 8.30. The lowest BCUT2D eigenvalue weighted by Crippen LogP contribution is -2.43. The van der Waals surface area contributed by atoms with Crippen LogP contribution >= 0.6 is 8.03 Å². The molecule has 34 heavy (non-hydrogen) atoms. The van der Waals surface area contributed by atoms with Gasteiger partial charge in [-0.2, -0.15) is 0 Å². The van der Waals surface area contributed by atoms with Crippen LogP contribution in [-0.2, 0) is 9.36 Å². The molecule has 3 unspecified atom stereocenters. The molecule has 1 heterocycles. The number of aliphatic hydroxyl groups is 1. The summed E-state index contributed by atoms with van der Waals surface area (Å²) in [5.41, 5.74) is 3.31. The van der Waals surface area contributed by atoms with Crippen LogP contribution in [0.1, 0.15) is 81.7 Å². The molecular weight excluding hydrogens is 456 g/mol. The minimum Gasteiger partial charge on any atom is -0.480 e. The maximum atomic E-state index is 13.7. The maximum Gasteiger partial charge on any atom is 0.334 e. The molecule has 1 aromatic carbocycles. The molecule has 1 fully saturated rings. The van der Waals surface area contributed by atoms with Gasteiger partial charge in [-0.05, 0) is 49.4 Å². The fourth-order valence-corrected chi connectivity index (χ4v) is 5.13. The lowest BCUT2D eigenvalue weighted by atomic mass is 9.84. The minimum atomic E-state index is -3.78. The molecule has 0 saturated heterocycles. The molecule has 1 saturated carbocycles. The van der Waals surface area contributed by atoms with Crippen molar-refractivity contribution in [3.8, 4) is 23.0 Å². The molecule has 1 aliphatic rings. The normalized spacial score (nSPS) is 18.0. The molecule has 1 aromatic heterocycles. The highest BCUT2D eigenvalue weighted by molar-refractivity contribution is 7.42. The number of aromatic nitrogens is 1. The van der Waals surface area contributed by atoms with Crippen molar-refractivity contribution < 1.29 is 28.9 Å². The van der Waals surface area contributed by atoms with Crippen molar-refractivity contribution in [1.29, 1.82) is 0 Å². The predicted molar refractivity (Wildman–Crippen MR) is 130 cm³/mol. The fourth-order valence-electron chi connectivity index (χ4n) is 4.42. The van der Waals surface area contributed by atoms with Gasteiger partial charge in [0.15, 0.2) is 0 Å². The van der Waals surface area contributed by atoms with Gasteiger partial charge in [0.25, 0.3) is 0 Å². The quantitative estimate of drug-likeness (QED) is 0.387. The lowest BCUT2D eigenvalue weighted by molar-refractivity contribution is -0.141. The Morgan fingerprint density at radius 3 is 2.29 bits per heavy atom. The van der Waals surface area contributed by atoms with Gasteiger partial charge in [-0.1, -0.05) is 57.1 Å². The van der Waals surface area contributed by atoms with Crippen LogP contribution in [0, 0.1) is 17.7 Å². The van der Waals surface area contributed by atoms with Crippen molar-refractivity contribution in [3.63, 3.8) is 0 Å². The summed E-state index contributed by atoms with van der Waals surface area (Å²) < 4.78 is 25.7. The summed E-state index contributed by atoms with van der Waals surface area (Å²) in [6, 6.07) is 7.85. The molecule has 3 N–H and O–H groups in total. The number of carbonyl (C=O) groups is 1. The van der Waals surface area contributed by atoms with Crippen LogP contribution in [0.3, 0.4) is 0 Å². The largest absolute Gasteiger partial charge is 0.480 e. The average molecular weight is 488 g/mol. The van der Waals surface area contributed by atoms with Crippen LogP contribution in [0.25, 0.3) is 11.1 Å². The van der Waals surface area contributed by atoms with E-state index in [2.05, 4.69) is 11.8 Å². The van der Waals surface area contributed by atoms with E-state index in [1.165, 1.54) is 18.6 Å². The first-order valence-electron chi connectivity index (χ1n) is 11.6. The second-order valence-electron chi connectivity index (χ2n) is 9.20. The van der Waals surface area contributed by atoms with E-state index in [0.717, 1.165) is 38.3 Å². The van der Waals surface area contributed by atoms with E-state index in [-0.39, 0.29) is 17.7 Å². The van der Waals surface area contributed by atoms with E-state index in [4.69, 9.17) is 4.98 Å².